The molecule has 2 heterocycles. The summed E-state index contributed by atoms with van der Waals surface area (Å²) in [7, 11) is 0. The quantitative estimate of drug-likeness (QED) is 0.718. The van der Waals surface area contributed by atoms with E-state index in [2.05, 4.69) is 36.4 Å². The van der Waals surface area contributed by atoms with Crippen LogP contribution in [0, 0.1) is 0 Å². The van der Waals surface area contributed by atoms with E-state index in [1.165, 1.54) is 11.3 Å². The number of aromatic nitrogens is 3. The first-order valence-corrected chi connectivity index (χ1v) is 8.64. The highest BCUT2D eigenvalue weighted by Crippen LogP contribution is 2.20. The maximum Gasteiger partial charge on any atom is 0.280 e. The van der Waals surface area contributed by atoms with Crippen molar-refractivity contribution in [2.24, 2.45) is 0 Å². The van der Waals surface area contributed by atoms with Crippen molar-refractivity contribution in [3.05, 3.63) is 50.5 Å². The SMILES string of the molecule is CCc1noc(-c2csc(C(=O)NCc3cccc(Br)c3)n2)n1. The third kappa shape index (κ3) is 3.83. The molecule has 3 rings (SSSR count). The van der Waals surface area contributed by atoms with Crippen molar-refractivity contribution < 1.29 is 9.32 Å². The number of rotatable bonds is 5. The molecule has 0 spiro atoms. The van der Waals surface area contributed by atoms with Crippen molar-refractivity contribution in [2.75, 3.05) is 0 Å². The number of carbonyl (C=O) groups excluding carboxylic acids is 1. The minimum Gasteiger partial charge on any atom is -0.346 e. The predicted octanol–water partition coefficient (Wildman–Crippen LogP) is 3.45. The maximum absolute atomic E-state index is 12.2. The molecule has 0 radical (unpaired) electrons. The fraction of sp³-hybridized carbons (Fsp3) is 0.200. The summed E-state index contributed by atoms with van der Waals surface area (Å²) in [6.45, 7) is 2.38. The van der Waals surface area contributed by atoms with E-state index in [0.29, 0.717) is 35.4 Å². The first-order valence-electron chi connectivity index (χ1n) is 6.97. The van der Waals surface area contributed by atoms with Crippen molar-refractivity contribution in [1.82, 2.24) is 20.4 Å². The number of aryl methyl sites for hydroxylation is 1. The minimum absolute atomic E-state index is 0.226. The van der Waals surface area contributed by atoms with E-state index < -0.39 is 0 Å². The van der Waals surface area contributed by atoms with E-state index in [0.717, 1.165) is 10.0 Å². The number of hydrogen-bond donors (Lipinski definition) is 1. The third-order valence-electron chi connectivity index (χ3n) is 3.04. The first-order chi connectivity index (χ1) is 11.2. The zero-order valence-corrected chi connectivity index (χ0v) is 14.6. The van der Waals surface area contributed by atoms with Gasteiger partial charge in [-0.15, -0.1) is 11.3 Å². The van der Waals surface area contributed by atoms with Crippen LogP contribution >= 0.6 is 27.3 Å². The van der Waals surface area contributed by atoms with Crippen molar-refractivity contribution in [3.63, 3.8) is 0 Å². The monoisotopic (exact) mass is 392 g/mol. The lowest BCUT2D eigenvalue weighted by Gasteiger charge is -2.03. The molecule has 3 aromatic rings. The van der Waals surface area contributed by atoms with Crippen LogP contribution in [0.3, 0.4) is 0 Å². The van der Waals surface area contributed by atoms with Crippen LogP contribution in [-0.2, 0) is 13.0 Å². The number of nitrogens with one attached hydrogen (secondary N) is 1. The molecule has 0 fully saturated rings. The molecule has 0 atom stereocenters. The van der Waals surface area contributed by atoms with Gasteiger partial charge in [0.05, 0.1) is 0 Å². The molecule has 1 aromatic carbocycles. The fourth-order valence-electron chi connectivity index (χ4n) is 1.88. The molecule has 2 aromatic heterocycles. The van der Waals surface area contributed by atoms with Crippen molar-refractivity contribution >= 4 is 33.2 Å². The molecular formula is C15H13BrN4O2S. The van der Waals surface area contributed by atoms with Crippen LogP contribution in [0.25, 0.3) is 11.6 Å². The van der Waals surface area contributed by atoms with Gasteiger partial charge in [-0.2, -0.15) is 4.98 Å². The van der Waals surface area contributed by atoms with Crippen molar-refractivity contribution in [3.8, 4) is 11.6 Å². The summed E-state index contributed by atoms with van der Waals surface area (Å²) in [5, 5.41) is 8.77. The van der Waals surface area contributed by atoms with Gasteiger partial charge in [-0.1, -0.05) is 40.1 Å². The molecule has 0 saturated carbocycles. The summed E-state index contributed by atoms with van der Waals surface area (Å²) >= 11 is 4.65. The number of nitrogens with zero attached hydrogens (tertiary/aromatic N) is 3. The topological polar surface area (TPSA) is 80.9 Å². The van der Waals surface area contributed by atoms with E-state index in [4.69, 9.17) is 4.52 Å². The second-order valence-corrected chi connectivity index (χ2v) is 6.49. The maximum atomic E-state index is 12.2. The molecular weight excluding hydrogens is 380 g/mol. The summed E-state index contributed by atoms with van der Waals surface area (Å²) in [6, 6.07) is 7.77. The largest absolute Gasteiger partial charge is 0.346 e. The van der Waals surface area contributed by atoms with Crippen LogP contribution in [0.5, 0.6) is 0 Å². The Labute approximate surface area is 145 Å². The lowest BCUT2D eigenvalue weighted by molar-refractivity contribution is 0.0950. The molecule has 0 aliphatic rings. The van der Waals surface area contributed by atoms with Gasteiger partial charge in [0.2, 0.25) is 0 Å². The molecule has 0 unspecified atom stereocenters. The van der Waals surface area contributed by atoms with Crippen LogP contribution in [-0.4, -0.2) is 21.0 Å². The van der Waals surface area contributed by atoms with Crippen LogP contribution < -0.4 is 5.32 Å². The number of thiazole rings is 1. The van der Waals surface area contributed by atoms with Gasteiger partial charge >= 0.3 is 0 Å². The predicted molar refractivity (Wildman–Crippen MR) is 90.1 cm³/mol. The van der Waals surface area contributed by atoms with Crippen molar-refractivity contribution in [2.45, 2.75) is 19.9 Å². The average Bonchev–Trinajstić information content (AvgIpc) is 3.21. The second-order valence-electron chi connectivity index (χ2n) is 4.72. The standard InChI is InChI=1S/C15H13BrN4O2S/c1-2-12-19-14(22-20-12)11-8-23-15(18-11)13(21)17-7-9-4-3-5-10(16)6-9/h3-6,8H,2,7H2,1H3,(H,17,21). The molecule has 0 saturated heterocycles. The fourth-order valence-corrected chi connectivity index (χ4v) is 3.04. The number of benzene rings is 1. The van der Waals surface area contributed by atoms with E-state index in [9.17, 15) is 4.79 Å². The Morgan fingerprint density at radius 1 is 1.39 bits per heavy atom. The molecule has 6 nitrogen and oxygen atoms in total. The Hall–Kier alpha value is -2.06. The van der Waals surface area contributed by atoms with Crippen LogP contribution in [0.1, 0.15) is 28.1 Å². The second kappa shape index (κ2) is 7.01. The van der Waals surface area contributed by atoms with Crippen molar-refractivity contribution in [1.29, 1.82) is 0 Å². The van der Waals surface area contributed by atoms with Gasteiger partial charge in [0.25, 0.3) is 11.8 Å². The molecule has 23 heavy (non-hydrogen) atoms. The summed E-state index contributed by atoms with van der Waals surface area (Å²) in [4.78, 5) is 20.6. The Kier molecular flexibility index (Phi) is 4.82. The van der Waals surface area contributed by atoms with E-state index in [1.807, 2.05) is 31.2 Å². The normalized spacial score (nSPS) is 10.7. The Morgan fingerprint density at radius 3 is 3.00 bits per heavy atom. The lowest BCUT2D eigenvalue weighted by atomic mass is 10.2. The van der Waals surface area contributed by atoms with E-state index in [1.54, 1.807) is 5.38 Å². The van der Waals surface area contributed by atoms with Crippen LogP contribution in [0.15, 0.2) is 38.6 Å². The molecule has 0 bridgehead atoms. The highest BCUT2D eigenvalue weighted by molar-refractivity contribution is 9.10. The average molecular weight is 393 g/mol. The summed E-state index contributed by atoms with van der Waals surface area (Å²) in [6.07, 6.45) is 0.688. The summed E-state index contributed by atoms with van der Waals surface area (Å²) < 4.78 is 6.10. The number of halogens is 1. The Bertz CT molecular complexity index is 830. The molecule has 1 N–H and O–H groups in total. The molecule has 8 heteroatoms. The van der Waals surface area contributed by atoms with E-state index >= 15 is 0 Å². The third-order valence-corrected chi connectivity index (χ3v) is 4.38. The summed E-state index contributed by atoms with van der Waals surface area (Å²) in [5.74, 6) is 0.731. The molecule has 0 aliphatic heterocycles. The summed E-state index contributed by atoms with van der Waals surface area (Å²) in [5.41, 5.74) is 1.53. The molecule has 0 aliphatic carbocycles. The molecule has 1 amide bonds. The highest BCUT2D eigenvalue weighted by Gasteiger charge is 2.15. The van der Waals surface area contributed by atoms with Gasteiger partial charge in [-0.3, -0.25) is 4.79 Å². The van der Waals surface area contributed by atoms with Gasteiger partial charge in [-0.25, -0.2) is 4.98 Å². The minimum atomic E-state index is -0.226. The zero-order chi connectivity index (χ0) is 16.2. The van der Waals surface area contributed by atoms with Gasteiger partial charge in [0.15, 0.2) is 10.8 Å². The number of amides is 1. The zero-order valence-electron chi connectivity index (χ0n) is 12.2. The number of carbonyl (C=O) groups is 1. The van der Waals surface area contributed by atoms with Crippen LogP contribution in [0.2, 0.25) is 0 Å². The van der Waals surface area contributed by atoms with Crippen LogP contribution in [0.4, 0.5) is 0 Å². The van der Waals surface area contributed by atoms with Gasteiger partial charge < -0.3 is 9.84 Å². The van der Waals surface area contributed by atoms with Gasteiger partial charge in [0.1, 0.15) is 5.69 Å². The molecule has 118 valence electrons. The van der Waals surface area contributed by atoms with E-state index in [-0.39, 0.29) is 5.91 Å². The van der Waals surface area contributed by atoms with Gasteiger partial charge in [0, 0.05) is 22.8 Å². The van der Waals surface area contributed by atoms with Gasteiger partial charge in [-0.05, 0) is 17.7 Å². The highest BCUT2D eigenvalue weighted by atomic mass is 79.9. The smallest absolute Gasteiger partial charge is 0.280 e. The number of hydrogen-bond acceptors (Lipinski definition) is 6. The lowest BCUT2D eigenvalue weighted by Crippen LogP contribution is -2.22. The Morgan fingerprint density at radius 2 is 2.26 bits per heavy atom. The Balaban J connectivity index is 1.66. The first kappa shape index (κ1) is 15.8.